The number of amides is 1. The van der Waals surface area contributed by atoms with E-state index in [9.17, 15) is 13.2 Å². The van der Waals surface area contributed by atoms with Gasteiger partial charge in [-0.1, -0.05) is 22.8 Å². The minimum atomic E-state index is -3.87. The third-order valence-corrected chi connectivity index (χ3v) is 7.13. The van der Waals surface area contributed by atoms with Crippen molar-refractivity contribution in [3.05, 3.63) is 40.2 Å². The van der Waals surface area contributed by atoms with Crippen LogP contribution in [0.1, 0.15) is 29.9 Å². The summed E-state index contributed by atoms with van der Waals surface area (Å²) in [4.78, 5) is 12.8. The molecule has 0 aliphatic carbocycles. The Morgan fingerprint density at radius 3 is 2.73 bits per heavy atom. The second-order valence-corrected chi connectivity index (χ2v) is 8.56. The molecule has 1 amide bonds. The van der Waals surface area contributed by atoms with E-state index in [0.717, 1.165) is 5.56 Å². The van der Waals surface area contributed by atoms with Crippen LogP contribution in [0.3, 0.4) is 0 Å². The first-order valence-corrected chi connectivity index (χ1v) is 10.1. The summed E-state index contributed by atoms with van der Waals surface area (Å²) in [5, 5.41) is 7.05. The van der Waals surface area contributed by atoms with E-state index >= 15 is 0 Å². The van der Waals surface area contributed by atoms with Crippen molar-refractivity contribution in [2.24, 2.45) is 0 Å². The van der Waals surface area contributed by atoms with E-state index in [-0.39, 0.29) is 23.1 Å². The van der Waals surface area contributed by atoms with Gasteiger partial charge in [0.1, 0.15) is 16.6 Å². The molecule has 9 heteroatoms. The Morgan fingerprint density at radius 1 is 1.35 bits per heavy atom. The summed E-state index contributed by atoms with van der Waals surface area (Å²) >= 11 is 6.09. The highest BCUT2D eigenvalue weighted by Crippen LogP contribution is 2.31. The first-order chi connectivity index (χ1) is 12.2. The maximum atomic E-state index is 13.1. The zero-order chi connectivity index (χ0) is 19.1. The summed E-state index contributed by atoms with van der Waals surface area (Å²) in [7, 11) is -3.87. The zero-order valence-corrected chi connectivity index (χ0v) is 16.3. The Morgan fingerprint density at radius 2 is 2.08 bits per heavy atom. The molecule has 1 aliphatic rings. The zero-order valence-electron chi connectivity index (χ0n) is 14.7. The van der Waals surface area contributed by atoms with Crippen LogP contribution in [0.5, 0.6) is 0 Å². The van der Waals surface area contributed by atoms with Crippen molar-refractivity contribution < 1.29 is 17.7 Å². The van der Waals surface area contributed by atoms with Gasteiger partial charge in [0.2, 0.25) is 15.9 Å². The molecular formula is C17H20ClN3O4S. The molecule has 1 aromatic heterocycles. The molecule has 0 bridgehead atoms. The van der Waals surface area contributed by atoms with Gasteiger partial charge in [-0.15, -0.1) is 0 Å². The number of nitrogens with zero attached hydrogens (tertiary/aromatic N) is 2. The van der Waals surface area contributed by atoms with Crippen LogP contribution in [0.15, 0.2) is 27.6 Å². The van der Waals surface area contributed by atoms with Gasteiger partial charge in [0.15, 0.2) is 5.76 Å². The van der Waals surface area contributed by atoms with Crippen molar-refractivity contribution in [1.82, 2.24) is 9.46 Å². The minimum absolute atomic E-state index is 0.0381. The number of aryl methyl sites for hydroxylation is 2. The second-order valence-electron chi connectivity index (χ2n) is 6.33. The number of rotatable bonds is 4. The van der Waals surface area contributed by atoms with Gasteiger partial charge in [0.25, 0.3) is 0 Å². The third-order valence-electron chi connectivity index (χ3n) is 4.57. The van der Waals surface area contributed by atoms with Crippen molar-refractivity contribution in [3.8, 4) is 0 Å². The van der Waals surface area contributed by atoms with Crippen LogP contribution in [-0.2, 0) is 14.8 Å². The van der Waals surface area contributed by atoms with E-state index in [4.69, 9.17) is 16.1 Å². The van der Waals surface area contributed by atoms with Crippen LogP contribution >= 0.6 is 11.6 Å². The summed E-state index contributed by atoms with van der Waals surface area (Å²) in [6.07, 6.45) is 1.06. The number of carbonyl (C=O) groups excluding carboxylic acids is 1. The fourth-order valence-corrected chi connectivity index (χ4v) is 5.33. The topological polar surface area (TPSA) is 92.5 Å². The Kier molecular flexibility index (Phi) is 5.09. The van der Waals surface area contributed by atoms with E-state index in [1.807, 2.05) is 0 Å². The molecule has 1 saturated heterocycles. The summed E-state index contributed by atoms with van der Waals surface area (Å²) < 4.78 is 32.3. The lowest BCUT2D eigenvalue weighted by Gasteiger charge is -2.23. The number of anilines is 1. The van der Waals surface area contributed by atoms with Gasteiger partial charge < -0.3 is 9.84 Å². The summed E-state index contributed by atoms with van der Waals surface area (Å²) in [5.74, 6) is -0.151. The lowest BCUT2D eigenvalue weighted by atomic mass is 10.1. The lowest BCUT2D eigenvalue weighted by molar-refractivity contribution is -0.119. The average Bonchev–Trinajstić information content (AvgIpc) is 3.19. The predicted octanol–water partition coefficient (Wildman–Crippen LogP) is 3.05. The Bertz CT molecular complexity index is 935. The maximum absolute atomic E-state index is 13.1. The molecule has 0 saturated carbocycles. The molecule has 140 valence electrons. The van der Waals surface area contributed by atoms with Gasteiger partial charge in [-0.05, 0) is 51.3 Å². The van der Waals surface area contributed by atoms with Crippen molar-refractivity contribution in [2.45, 2.75) is 44.6 Å². The molecule has 1 atom stereocenters. The highest BCUT2D eigenvalue weighted by Gasteiger charge is 2.42. The normalized spacial score (nSPS) is 18.2. The van der Waals surface area contributed by atoms with Gasteiger partial charge in [0, 0.05) is 17.3 Å². The molecule has 1 N–H and O–H groups in total. The largest absolute Gasteiger partial charge is 0.360 e. The monoisotopic (exact) mass is 397 g/mol. The molecule has 3 rings (SSSR count). The Hall–Kier alpha value is -1.90. The SMILES string of the molecule is Cc1noc(C)c1S(=O)(=O)N1CCC[C@H]1C(=O)Nc1cccc(Cl)c1C. The molecule has 2 aromatic rings. The fourth-order valence-electron chi connectivity index (χ4n) is 3.21. The van der Waals surface area contributed by atoms with Crippen LogP contribution in [0, 0.1) is 20.8 Å². The molecule has 1 aliphatic heterocycles. The summed E-state index contributed by atoms with van der Waals surface area (Å²) in [5.41, 5.74) is 1.60. The van der Waals surface area contributed by atoms with Crippen molar-refractivity contribution in [1.29, 1.82) is 0 Å². The molecule has 0 unspecified atom stereocenters. The van der Waals surface area contributed by atoms with Gasteiger partial charge in [-0.3, -0.25) is 4.79 Å². The summed E-state index contributed by atoms with van der Waals surface area (Å²) in [6, 6.07) is 4.42. The maximum Gasteiger partial charge on any atom is 0.249 e. The number of carbonyl (C=O) groups is 1. The molecule has 26 heavy (non-hydrogen) atoms. The van der Waals surface area contributed by atoms with Crippen LogP contribution in [0.25, 0.3) is 0 Å². The molecule has 0 radical (unpaired) electrons. The van der Waals surface area contributed by atoms with E-state index in [1.54, 1.807) is 39.0 Å². The Labute approximate surface area is 157 Å². The molecule has 7 nitrogen and oxygen atoms in total. The van der Waals surface area contributed by atoms with Crippen molar-refractivity contribution in [2.75, 3.05) is 11.9 Å². The highest BCUT2D eigenvalue weighted by atomic mass is 35.5. The smallest absolute Gasteiger partial charge is 0.249 e. The number of halogens is 1. The first kappa shape index (κ1) is 18.9. The molecule has 1 fully saturated rings. The lowest BCUT2D eigenvalue weighted by Crippen LogP contribution is -2.43. The van der Waals surface area contributed by atoms with Gasteiger partial charge in [-0.2, -0.15) is 4.31 Å². The fraction of sp³-hybridized carbons (Fsp3) is 0.412. The quantitative estimate of drug-likeness (QED) is 0.855. The first-order valence-electron chi connectivity index (χ1n) is 8.24. The van der Waals surface area contributed by atoms with Crippen molar-refractivity contribution >= 4 is 33.2 Å². The number of nitrogens with one attached hydrogen (secondary N) is 1. The van der Waals surface area contributed by atoms with E-state index in [0.29, 0.717) is 29.2 Å². The van der Waals surface area contributed by atoms with E-state index in [2.05, 4.69) is 10.5 Å². The molecular weight excluding hydrogens is 378 g/mol. The van der Waals surface area contributed by atoms with Crippen molar-refractivity contribution in [3.63, 3.8) is 0 Å². The van der Waals surface area contributed by atoms with Gasteiger partial charge >= 0.3 is 0 Å². The van der Waals surface area contributed by atoms with Gasteiger partial charge in [-0.25, -0.2) is 8.42 Å². The van der Waals surface area contributed by atoms with Gasteiger partial charge in [0.05, 0.1) is 0 Å². The number of aromatic nitrogens is 1. The predicted molar refractivity (Wildman–Crippen MR) is 97.7 cm³/mol. The highest BCUT2D eigenvalue weighted by molar-refractivity contribution is 7.89. The standard InChI is InChI=1S/C17H20ClN3O4S/c1-10-13(18)6-4-7-14(10)19-17(22)15-8-5-9-21(15)26(23,24)16-11(2)20-25-12(16)3/h4,6-7,15H,5,8-9H2,1-3H3,(H,19,22)/t15-/m0/s1. The molecule has 1 aromatic carbocycles. The van der Waals surface area contributed by atoms with Crippen LogP contribution in [0.2, 0.25) is 5.02 Å². The second kappa shape index (κ2) is 7.02. The van der Waals surface area contributed by atoms with Crippen LogP contribution in [0.4, 0.5) is 5.69 Å². The molecule has 2 heterocycles. The number of hydrogen-bond acceptors (Lipinski definition) is 5. The van der Waals surface area contributed by atoms with Crippen LogP contribution < -0.4 is 5.32 Å². The number of hydrogen-bond donors (Lipinski definition) is 1. The summed E-state index contributed by atoms with van der Waals surface area (Å²) in [6.45, 7) is 5.20. The third kappa shape index (κ3) is 3.24. The minimum Gasteiger partial charge on any atom is -0.360 e. The van der Waals surface area contributed by atoms with Crippen LogP contribution in [-0.4, -0.2) is 36.4 Å². The van der Waals surface area contributed by atoms with E-state index in [1.165, 1.54) is 4.31 Å². The average molecular weight is 398 g/mol. The number of benzene rings is 1. The Balaban J connectivity index is 1.88. The molecule has 0 spiro atoms. The number of sulfonamides is 1. The van der Waals surface area contributed by atoms with E-state index < -0.39 is 16.1 Å².